The molecule has 0 aliphatic carbocycles. The molecule has 7 heteroatoms. The maximum Gasteiger partial charge on any atom is 0.264 e. The van der Waals surface area contributed by atoms with Crippen LogP contribution in [0.15, 0.2) is 28.6 Å². The van der Waals surface area contributed by atoms with Crippen LogP contribution >= 0.6 is 23.1 Å². The number of nitrogens with one attached hydrogen (secondary N) is 1. The minimum absolute atomic E-state index is 0.0527. The van der Waals surface area contributed by atoms with Crippen molar-refractivity contribution in [1.29, 1.82) is 0 Å². The number of hydrogen-bond acceptors (Lipinski definition) is 6. The fourth-order valence-corrected chi connectivity index (χ4v) is 3.66. The van der Waals surface area contributed by atoms with E-state index in [0.29, 0.717) is 16.8 Å². The van der Waals surface area contributed by atoms with Crippen molar-refractivity contribution >= 4 is 34.1 Å². The first-order valence-corrected chi connectivity index (χ1v) is 10.0. The minimum atomic E-state index is -0.239. The van der Waals surface area contributed by atoms with E-state index in [1.54, 1.807) is 11.8 Å². The molecular weight excluding hydrogens is 354 g/mol. The largest absolute Gasteiger partial charge is 0.484 e. The van der Waals surface area contributed by atoms with Gasteiger partial charge in [0, 0.05) is 5.75 Å². The first-order chi connectivity index (χ1) is 11.7. The number of thioether (sulfide) groups is 1. The Bertz CT molecular complexity index is 691. The minimum Gasteiger partial charge on any atom is -0.484 e. The number of carbonyl (C=O) groups excluding carboxylic acids is 1. The molecule has 1 amide bonds. The van der Waals surface area contributed by atoms with Crippen LogP contribution in [-0.4, -0.2) is 28.5 Å². The van der Waals surface area contributed by atoms with Gasteiger partial charge in [-0.15, -0.1) is 10.2 Å². The third-order valence-corrected chi connectivity index (χ3v) is 5.68. The van der Waals surface area contributed by atoms with E-state index in [0.717, 1.165) is 10.1 Å². The average Bonchev–Trinajstić information content (AvgIpc) is 2.98. The Morgan fingerprint density at radius 2 is 1.92 bits per heavy atom. The molecule has 1 aromatic heterocycles. The summed E-state index contributed by atoms with van der Waals surface area (Å²) < 4.78 is 6.40. The molecule has 1 N–H and O–H groups in total. The van der Waals surface area contributed by atoms with Crippen molar-refractivity contribution in [3.63, 3.8) is 0 Å². The summed E-state index contributed by atoms with van der Waals surface area (Å²) in [6.45, 7) is 10.7. The SMILES string of the molecule is CC(C)CSc1nnc(NC(=O)COc2ccc(C(C)(C)C)cc2)s1. The number of amides is 1. The molecule has 2 aromatic rings. The van der Waals surface area contributed by atoms with Gasteiger partial charge < -0.3 is 4.74 Å². The lowest BCUT2D eigenvalue weighted by Crippen LogP contribution is -2.20. The molecule has 25 heavy (non-hydrogen) atoms. The number of hydrogen-bond donors (Lipinski definition) is 1. The Hall–Kier alpha value is -1.60. The Kier molecular flexibility index (Phi) is 6.84. The lowest BCUT2D eigenvalue weighted by atomic mass is 9.87. The van der Waals surface area contributed by atoms with E-state index >= 15 is 0 Å². The molecule has 1 heterocycles. The molecule has 2 rings (SSSR count). The number of ether oxygens (including phenoxy) is 1. The highest BCUT2D eigenvalue weighted by Gasteiger charge is 2.13. The van der Waals surface area contributed by atoms with Crippen molar-refractivity contribution in [1.82, 2.24) is 10.2 Å². The van der Waals surface area contributed by atoms with E-state index in [4.69, 9.17) is 4.74 Å². The summed E-state index contributed by atoms with van der Waals surface area (Å²) in [7, 11) is 0. The van der Waals surface area contributed by atoms with Crippen LogP contribution < -0.4 is 10.1 Å². The Morgan fingerprint density at radius 3 is 2.52 bits per heavy atom. The van der Waals surface area contributed by atoms with Crippen molar-refractivity contribution in [2.24, 2.45) is 5.92 Å². The monoisotopic (exact) mass is 379 g/mol. The van der Waals surface area contributed by atoms with Gasteiger partial charge >= 0.3 is 0 Å². The van der Waals surface area contributed by atoms with Crippen molar-refractivity contribution in [2.45, 2.75) is 44.4 Å². The van der Waals surface area contributed by atoms with Gasteiger partial charge in [0.1, 0.15) is 5.75 Å². The highest BCUT2D eigenvalue weighted by molar-refractivity contribution is 8.01. The van der Waals surface area contributed by atoms with Gasteiger partial charge in [-0.2, -0.15) is 0 Å². The van der Waals surface area contributed by atoms with E-state index in [2.05, 4.69) is 50.1 Å². The molecule has 5 nitrogen and oxygen atoms in total. The van der Waals surface area contributed by atoms with E-state index in [-0.39, 0.29) is 17.9 Å². The van der Waals surface area contributed by atoms with E-state index < -0.39 is 0 Å². The Morgan fingerprint density at radius 1 is 1.24 bits per heavy atom. The second kappa shape index (κ2) is 8.67. The number of carbonyl (C=O) groups is 1. The molecule has 0 aliphatic rings. The standard InChI is InChI=1S/C18H25N3O2S2/c1-12(2)11-24-17-21-20-16(25-17)19-15(22)10-23-14-8-6-13(7-9-14)18(3,4)5/h6-9,12H,10-11H2,1-5H3,(H,19,20,22). The zero-order valence-electron chi connectivity index (χ0n) is 15.3. The summed E-state index contributed by atoms with van der Waals surface area (Å²) in [6.07, 6.45) is 0. The molecule has 0 bridgehead atoms. The number of nitrogens with zero attached hydrogens (tertiary/aromatic N) is 2. The van der Waals surface area contributed by atoms with Gasteiger partial charge in [0.05, 0.1) is 0 Å². The normalized spacial score (nSPS) is 11.6. The fraction of sp³-hybridized carbons (Fsp3) is 0.500. The second-order valence-electron chi connectivity index (χ2n) is 7.19. The van der Waals surface area contributed by atoms with Gasteiger partial charge in [-0.25, -0.2) is 0 Å². The van der Waals surface area contributed by atoms with Crippen LogP contribution in [0.2, 0.25) is 0 Å². The maximum absolute atomic E-state index is 12.0. The van der Waals surface area contributed by atoms with Crippen LogP contribution in [0.5, 0.6) is 5.75 Å². The van der Waals surface area contributed by atoms with Crippen molar-refractivity contribution in [2.75, 3.05) is 17.7 Å². The zero-order valence-corrected chi connectivity index (χ0v) is 17.0. The molecule has 136 valence electrons. The van der Waals surface area contributed by atoms with Crippen LogP contribution in [0.4, 0.5) is 5.13 Å². The summed E-state index contributed by atoms with van der Waals surface area (Å²) in [5, 5.41) is 11.3. The van der Waals surface area contributed by atoms with E-state index in [9.17, 15) is 4.79 Å². The first kappa shape index (κ1) is 19.7. The Labute approximate surface area is 157 Å². The van der Waals surface area contributed by atoms with Crippen LogP contribution in [0.1, 0.15) is 40.2 Å². The molecule has 0 radical (unpaired) electrons. The van der Waals surface area contributed by atoms with E-state index in [1.807, 2.05) is 24.3 Å². The highest BCUT2D eigenvalue weighted by Crippen LogP contribution is 2.27. The first-order valence-electron chi connectivity index (χ1n) is 8.23. The molecular formula is C18H25N3O2S2. The molecule has 0 spiro atoms. The van der Waals surface area contributed by atoms with E-state index in [1.165, 1.54) is 16.9 Å². The fourth-order valence-electron chi connectivity index (χ4n) is 1.91. The number of rotatable bonds is 7. The predicted octanol–water partition coefficient (Wildman–Crippen LogP) is 4.60. The molecule has 0 unspecified atom stereocenters. The lowest BCUT2D eigenvalue weighted by molar-refractivity contribution is -0.118. The molecule has 0 fully saturated rings. The number of benzene rings is 1. The quantitative estimate of drug-likeness (QED) is 0.562. The van der Waals surface area contributed by atoms with Crippen molar-refractivity contribution < 1.29 is 9.53 Å². The van der Waals surface area contributed by atoms with Crippen molar-refractivity contribution in [3.8, 4) is 5.75 Å². The smallest absolute Gasteiger partial charge is 0.264 e. The van der Waals surface area contributed by atoms with Crippen LogP contribution in [0.25, 0.3) is 0 Å². The topological polar surface area (TPSA) is 64.1 Å². The molecule has 1 aromatic carbocycles. The van der Waals surface area contributed by atoms with Gasteiger partial charge in [-0.1, -0.05) is 69.9 Å². The molecule has 0 saturated carbocycles. The van der Waals surface area contributed by atoms with Crippen LogP contribution in [-0.2, 0) is 10.2 Å². The summed E-state index contributed by atoms with van der Waals surface area (Å²) in [6, 6.07) is 7.82. The summed E-state index contributed by atoms with van der Waals surface area (Å²) in [4.78, 5) is 12.0. The average molecular weight is 380 g/mol. The summed E-state index contributed by atoms with van der Waals surface area (Å²) in [5.74, 6) is 2.01. The van der Waals surface area contributed by atoms with Crippen LogP contribution in [0.3, 0.4) is 0 Å². The van der Waals surface area contributed by atoms with Gasteiger partial charge in [0.15, 0.2) is 10.9 Å². The Balaban J connectivity index is 1.80. The zero-order chi connectivity index (χ0) is 18.4. The number of aromatic nitrogens is 2. The third-order valence-electron chi connectivity index (χ3n) is 3.28. The summed E-state index contributed by atoms with van der Waals surface area (Å²) in [5.41, 5.74) is 1.32. The number of anilines is 1. The molecule has 0 atom stereocenters. The lowest BCUT2D eigenvalue weighted by Gasteiger charge is -2.19. The highest BCUT2D eigenvalue weighted by atomic mass is 32.2. The van der Waals surface area contributed by atoms with Gasteiger partial charge in [0.25, 0.3) is 5.91 Å². The van der Waals surface area contributed by atoms with Gasteiger partial charge in [-0.05, 0) is 29.0 Å². The van der Waals surface area contributed by atoms with Crippen molar-refractivity contribution in [3.05, 3.63) is 29.8 Å². The predicted molar refractivity (Wildman–Crippen MR) is 105 cm³/mol. The van der Waals surface area contributed by atoms with Gasteiger partial charge in [-0.3, -0.25) is 10.1 Å². The van der Waals surface area contributed by atoms with Crippen LogP contribution in [0, 0.1) is 5.92 Å². The molecule has 0 aliphatic heterocycles. The third kappa shape index (κ3) is 6.66. The molecule has 0 saturated heterocycles. The second-order valence-corrected chi connectivity index (χ2v) is 9.43. The van der Waals surface area contributed by atoms with Gasteiger partial charge in [0.2, 0.25) is 5.13 Å². The summed E-state index contributed by atoms with van der Waals surface area (Å²) >= 11 is 3.04. The maximum atomic E-state index is 12.0.